The molecule has 0 atom stereocenters. The van der Waals surface area contributed by atoms with Gasteiger partial charge in [0, 0.05) is 5.56 Å². The van der Waals surface area contributed by atoms with Gasteiger partial charge in [0.15, 0.2) is 0 Å². The Morgan fingerprint density at radius 1 is 1.05 bits per heavy atom. The third kappa shape index (κ3) is 3.55. The summed E-state index contributed by atoms with van der Waals surface area (Å²) in [4.78, 5) is 3.82. The van der Waals surface area contributed by atoms with Crippen molar-refractivity contribution in [3.63, 3.8) is 0 Å². The molecule has 2 aromatic carbocycles. The normalized spacial score (nSPS) is 16.2. The number of anilines is 1. The van der Waals surface area contributed by atoms with Crippen molar-refractivity contribution in [2.24, 2.45) is 0 Å². The second kappa shape index (κ2) is 6.46. The summed E-state index contributed by atoms with van der Waals surface area (Å²) < 4.78 is 13.2. The van der Waals surface area contributed by atoms with Crippen LogP contribution in [0.25, 0.3) is 0 Å². The number of benzene rings is 2. The summed E-state index contributed by atoms with van der Waals surface area (Å²) in [5, 5.41) is 0.811. The minimum absolute atomic E-state index is 0.151. The first-order valence-corrected chi connectivity index (χ1v) is 7.67. The minimum Gasteiger partial charge on any atom is -0.359 e. The second-order valence-corrected chi connectivity index (χ2v) is 5.90. The maximum Gasteiger partial charge on any atom is 0.123 e. The summed E-state index contributed by atoms with van der Waals surface area (Å²) in [6.45, 7) is 4.93. The largest absolute Gasteiger partial charge is 0.359 e. The van der Waals surface area contributed by atoms with Gasteiger partial charge in [-0.15, -0.1) is 0 Å². The van der Waals surface area contributed by atoms with E-state index in [4.69, 9.17) is 11.6 Å². The first-order valence-electron chi connectivity index (χ1n) is 7.30. The van der Waals surface area contributed by atoms with E-state index in [0.29, 0.717) is 0 Å². The Morgan fingerprint density at radius 3 is 2.52 bits per heavy atom. The molecule has 1 aliphatic heterocycles. The van der Waals surface area contributed by atoms with Crippen LogP contribution in [-0.4, -0.2) is 26.2 Å². The number of rotatable bonds is 3. The van der Waals surface area contributed by atoms with Gasteiger partial charge in [-0.25, -0.2) is 4.39 Å². The Morgan fingerprint density at radius 2 is 1.81 bits per heavy atom. The Labute approximate surface area is 129 Å². The van der Waals surface area contributed by atoms with Crippen LogP contribution in [-0.2, 0) is 6.54 Å². The summed E-state index contributed by atoms with van der Waals surface area (Å²) in [7, 11) is 0. The second-order valence-electron chi connectivity index (χ2n) is 5.50. The van der Waals surface area contributed by atoms with Crippen molar-refractivity contribution in [3.8, 4) is 0 Å². The number of para-hydroxylation sites is 1. The van der Waals surface area contributed by atoms with Crippen molar-refractivity contribution in [1.29, 1.82) is 0 Å². The van der Waals surface area contributed by atoms with Crippen molar-refractivity contribution in [2.75, 3.05) is 31.1 Å². The predicted molar refractivity (Wildman–Crippen MR) is 84.5 cm³/mol. The van der Waals surface area contributed by atoms with Crippen LogP contribution in [0, 0.1) is 5.82 Å². The number of nitrogens with one attached hydrogen (secondary N) is 1. The molecular weight excluding hydrogens is 287 g/mol. The Hall–Kier alpha value is -1.58. The highest BCUT2D eigenvalue weighted by Crippen LogP contribution is 2.24. The fourth-order valence-electron chi connectivity index (χ4n) is 2.88. The molecule has 1 fully saturated rings. The smallest absolute Gasteiger partial charge is 0.123 e. The van der Waals surface area contributed by atoms with Crippen LogP contribution in [0.1, 0.15) is 5.56 Å². The minimum atomic E-state index is -0.151. The third-order valence-corrected chi connectivity index (χ3v) is 4.33. The molecule has 1 heterocycles. The molecule has 0 bridgehead atoms. The van der Waals surface area contributed by atoms with Crippen LogP contribution < -0.4 is 9.80 Å². The van der Waals surface area contributed by atoms with E-state index in [1.807, 2.05) is 24.3 Å². The molecule has 0 unspecified atom stereocenters. The zero-order valence-electron chi connectivity index (χ0n) is 11.9. The van der Waals surface area contributed by atoms with E-state index in [1.165, 1.54) is 11.0 Å². The molecule has 0 aromatic heterocycles. The van der Waals surface area contributed by atoms with Gasteiger partial charge in [-0.05, 0) is 24.3 Å². The number of hydrogen-bond acceptors (Lipinski definition) is 1. The first-order chi connectivity index (χ1) is 10.2. The van der Waals surface area contributed by atoms with Gasteiger partial charge in [-0.3, -0.25) is 0 Å². The van der Waals surface area contributed by atoms with Gasteiger partial charge >= 0.3 is 0 Å². The molecule has 0 spiro atoms. The lowest BCUT2D eigenvalue weighted by molar-refractivity contribution is -0.914. The summed E-state index contributed by atoms with van der Waals surface area (Å²) >= 11 is 6.25. The van der Waals surface area contributed by atoms with Crippen LogP contribution in [0.5, 0.6) is 0 Å². The summed E-state index contributed by atoms with van der Waals surface area (Å²) in [5.41, 5.74) is 2.18. The SMILES string of the molecule is Fc1cccc(C[NH+]2CCN(c3ccccc3Cl)CC2)c1. The van der Waals surface area contributed by atoms with Gasteiger partial charge < -0.3 is 9.80 Å². The quantitative estimate of drug-likeness (QED) is 0.915. The third-order valence-electron chi connectivity index (χ3n) is 4.01. The van der Waals surface area contributed by atoms with Crippen LogP contribution in [0.3, 0.4) is 0 Å². The highest BCUT2D eigenvalue weighted by atomic mass is 35.5. The van der Waals surface area contributed by atoms with Crippen LogP contribution in [0.2, 0.25) is 5.02 Å². The number of hydrogen-bond donors (Lipinski definition) is 1. The van der Waals surface area contributed by atoms with E-state index in [9.17, 15) is 4.39 Å². The standard InChI is InChI=1S/C17H18ClFN2/c18-16-6-1-2-7-17(16)21-10-8-20(9-11-21)13-14-4-3-5-15(19)12-14/h1-7,12H,8-11,13H2/p+1. The van der Waals surface area contributed by atoms with Gasteiger partial charge in [0.2, 0.25) is 0 Å². The van der Waals surface area contributed by atoms with Crippen molar-refractivity contribution in [3.05, 3.63) is 64.9 Å². The van der Waals surface area contributed by atoms with Crippen molar-refractivity contribution in [1.82, 2.24) is 0 Å². The number of nitrogens with zero attached hydrogens (tertiary/aromatic N) is 1. The Balaban J connectivity index is 1.59. The summed E-state index contributed by atoms with van der Waals surface area (Å²) in [6, 6.07) is 14.9. The maximum absolute atomic E-state index is 13.2. The molecule has 21 heavy (non-hydrogen) atoms. The van der Waals surface area contributed by atoms with Gasteiger partial charge in [0.05, 0.1) is 36.9 Å². The molecule has 3 rings (SSSR count). The van der Waals surface area contributed by atoms with Gasteiger partial charge in [-0.1, -0.05) is 35.9 Å². The lowest BCUT2D eigenvalue weighted by Gasteiger charge is -2.34. The monoisotopic (exact) mass is 305 g/mol. The molecule has 110 valence electrons. The molecule has 0 radical (unpaired) electrons. The highest BCUT2D eigenvalue weighted by molar-refractivity contribution is 6.33. The van der Waals surface area contributed by atoms with Crippen LogP contribution in [0.15, 0.2) is 48.5 Å². The molecule has 4 heteroatoms. The van der Waals surface area contributed by atoms with Crippen molar-refractivity contribution < 1.29 is 9.29 Å². The molecule has 1 aliphatic rings. The molecule has 0 saturated carbocycles. The molecule has 2 nitrogen and oxygen atoms in total. The van der Waals surface area contributed by atoms with Crippen molar-refractivity contribution in [2.45, 2.75) is 6.54 Å². The average molecular weight is 306 g/mol. The summed E-state index contributed by atoms with van der Waals surface area (Å²) in [5.74, 6) is -0.151. The molecule has 1 N–H and O–H groups in total. The van der Waals surface area contributed by atoms with E-state index < -0.39 is 0 Å². The summed E-state index contributed by atoms with van der Waals surface area (Å²) in [6.07, 6.45) is 0. The fourth-order valence-corrected chi connectivity index (χ4v) is 3.14. The van der Waals surface area contributed by atoms with Gasteiger partial charge in [0.1, 0.15) is 12.4 Å². The topological polar surface area (TPSA) is 7.68 Å². The van der Waals surface area contributed by atoms with E-state index >= 15 is 0 Å². The van der Waals surface area contributed by atoms with E-state index in [1.54, 1.807) is 12.1 Å². The molecule has 1 saturated heterocycles. The lowest BCUT2D eigenvalue weighted by Crippen LogP contribution is -3.13. The van der Waals surface area contributed by atoms with Crippen LogP contribution >= 0.6 is 11.6 Å². The van der Waals surface area contributed by atoms with E-state index in [0.717, 1.165) is 49.0 Å². The van der Waals surface area contributed by atoms with Crippen LogP contribution in [0.4, 0.5) is 10.1 Å². The van der Waals surface area contributed by atoms with Gasteiger partial charge in [-0.2, -0.15) is 0 Å². The molecule has 2 aromatic rings. The van der Waals surface area contributed by atoms with E-state index in [2.05, 4.69) is 11.0 Å². The maximum atomic E-state index is 13.2. The average Bonchev–Trinajstić information content (AvgIpc) is 2.49. The molecular formula is C17H19ClFN2+. The fraction of sp³-hybridized carbons (Fsp3) is 0.294. The molecule has 0 aliphatic carbocycles. The molecule has 0 amide bonds. The number of piperazine rings is 1. The first kappa shape index (κ1) is 14.4. The predicted octanol–water partition coefficient (Wildman–Crippen LogP) is 2.38. The van der Waals surface area contributed by atoms with E-state index in [-0.39, 0.29) is 5.82 Å². The highest BCUT2D eigenvalue weighted by Gasteiger charge is 2.21. The Kier molecular flexibility index (Phi) is 4.42. The number of quaternary nitrogens is 1. The number of halogens is 2. The lowest BCUT2D eigenvalue weighted by atomic mass is 10.2. The zero-order valence-corrected chi connectivity index (χ0v) is 12.6. The zero-order chi connectivity index (χ0) is 14.7. The van der Waals surface area contributed by atoms with Crippen molar-refractivity contribution >= 4 is 17.3 Å². The Bertz CT molecular complexity index is 609. The van der Waals surface area contributed by atoms with Gasteiger partial charge in [0.25, 0.3) is 0 Å².